The molecule has 0 atom stereocenters. The third-order valence-electron chi connectivity index (χ3n) is 3.69. The molecule has 2 aromatic heterocycles. The van der Waals surface area contributed by atoms with Crippen LogP contribution < -0.4 is 9.64 Å². The van der Waals surface area contributed by atoms with Gasteiger partial charge in [-0.25, -0.2) is 4.98 Å². The maximum atomic E-state index is 11.6. The third kappa shape index (κ3) is 3.82. The molecule has 0 fully saturated rings. The molecule has 2 aromatic rings. The van der Waals surface area contributed by atoms with E-state index in [2.05, 4.69) is 11.9 Å². The minimum atomic E-state index is 0.465. The molecule has 0 saturated heterocycles. The number of amides is 1. The number of aryl methyl sites for hydroxylation is 1. The molecule has 0 aliphatic heterocycles. The lowest BCUT2D eigenvalue weighted by atomic mass is 10.3. The number of imidazole rings is 1. The molecule has 0 aliphatic carbocycles. The van der Waals surface area contributed by atoms with Gasteiger partial charge in [-0.3, -0.25) is 14.1 Å². The summed E-state index contributed by atoms with van der Waals surface area (Å²) in [6.45, 7) is 5.83. The number of carbonyl (C=O) groups excluding carboxylic acids is 1. The quantitative estimate of drug-likeness (QED) is 0.499. The molecule has 6 nitrogen and oxygen atoms in total. The number of nitrogens with zero attached hydrogens (tertiary/aromatic N) is 3. The summed E-state index contributed by atoms with van der Waals surface area (Å²) in [6, 6.07) is 3.79. The Balaban J connectivity index is 2.43. The Morgan fingerprint density at radius 2 is 2.17 bits per heavy atom. The van der Waals surface area contributed by atoms with Crippen LogP contribution in [-0.4, -0.2) is 42.7 Å². The zero-order chi connectivity index (χ0) is 16.7. The summed E-state index contributed by atoms with van der Waals surface area (Å²) in [5.74, 6) is 1.54. The summed E-state index contributed by atoms with van der Waals surface area (Å²) >= 11 is 0. The van der Waals surface area contributed by atoms with Crippen molar-refractivity contribution in [1.29, 1.82) is 0 Å². The Bertz CT molecular complexity index is 639. The highest BCUT2D eigenvalue weighted by Crippen LogP contribution is 2.28. The molecular weight excluding hydrogens is 294 g/mol. The van der Waals surface area contributed by atoms with Gasteiger partial charge in [0, 0.05) is 19.9 Å². The number of rotatable bonds is 10. The van der Waals surface area contributed by atoms with E-state index in [4.69, 9.17) is 9.47 Å². The van der Waals surface area contributed by atoms with Gasteiger partial charge in [-0.05, 0) is 25.0 Å². The first-order valence-electron chi connectivity index (χ1n) is 8.10. The summed E-state index contributed by atoms with van der Waals surface area (Å²) in [5.41, 5.74) is 1.63. The summed E-state index contributed by atoms with van der Waals surface area (Å²) in [5, 5.41) is 0. The lowest BCUT2D eigenvalue weighted by molar-refractivity contribution is -0.107. The Labute approximate surface area is 137 Å². The summed E-state index contributed by atoms with van der Waals surface area (Å²) in [6.07, 6.45) is 5.55. The van der Waals surface area contributed by atoms with Crippen LogP contribution in [0.2, 0.25) is 0 Å². The van der Waals surface area contributed by atoms with Crippen LogP contribution in [-0.2, 0) is 16.0 Å². The molecule has 0 saturated carbocycles. The van der Waals surface area contributed by atoms with Crippen LogP contribution in [0.15, 0.2) is 18.3 Å². The molecule has 126 valence electrons. The Kier molecular flexibility index (Phi) is 6.40. The Morgan fingerprint density at radius 1 is 1.35 bits per heavy atom. The summed E-state index contributed by atoms with van der Waals surface area (Å²) < 4.78 is 12.7. The molecule has 0 aromatic carbocycles. The van der Waals surface area contributed by atoms with E-state index in [-0.39, 0.29) is 0 Å². The molecular formula is C17H25N3O3. The maximum Gasteiger partial charge on any atom is 0.215 e. The molecule has 0 radical (unpaired) electrons. The Hall–Kier alpha value is -2.08. The fourth-order valence-electron chi connectivity index (χ4n) is 2.50. The van der Waals surface area contributed by atoms with Crippen molar-refractivity contribution in [2.24, 2.45) is 0 Å². The third-order valence-corrected chi connectivity index (χ3v) is 3.69. The van der Waals surface area contributed by atoms with Gasteiger partial charge >= 0.3 is 0 Å². The second-order valence-corrected chi connectivity index (χ2v) is 5.30. The number of unbranched alkanes of at least 4 members (excludes halogenated alkanes) is 1. The number of hydrogen-bond donors (Lipinski definition) is 0. The zero-order valence-corrected chi connectivity index (χ0v) is 14.1. The van der Waals surface area contributed by atoms with Gasteiger partial charge in [-0.2, -0.15) is 0 Å². The van der Waals surface area contributed by atoms with Crippen molar-refractivity contribution in [3.8, 4) is 5.75 Å². The molecule has 0 bridgehead atoms. The van der Waals surface area contributed by atoms with Gasteiger partial charge in [0.05, 0.1) is 12.3 Å². The molecule has 23 heavy (non-hydrogen) atoms. The standard InChI is InChI=1S/C17H25N3O3/c1-4-6-9-19(13-21)17-14(5-2)18-16-15(23-12-11-22-3)8-7-10-20(16)17/h7-8,10,13H,4-6,9,11-12H2,1-3H3. The predicted molar refractivity (Wildman–Crippen MR) is 90.3 cm³/mol. The molecule has 0 N–H and O–H groups in total. The van der Waals surface area contributed by atoms with Crippen molar-refractivity contribution in [3.63, 3.8) is 0 Å². The fourth-order valence-corrected chi connectivity index (χ4v) is 2.50. The van der Waals surface area contributed by atoms with Gasteiger partial charge in [-0.15, -0.1) is 0 Å². The topological polar surface area (TPSA) is 56.1 Å². The normalized spacial score (nSPS) is 10.9. The minimum Gasteiger partial charge on any atom is -0.487 e. The highest BCUT2D eigenvalue weighted by molar-refractivity contribution is 5.77. The second-order valence-electron chi connectivity index (χ2n) is 5.30. The zero-order valence-electron chi connectivity index (χ0n) is 14.1. The van der Waals surface area contributed by atoms with Crippen LogP contribution in [0.5, 0.6) is 5.75 Å². The predicted octanol–water partition coefficient (Wildman–Crippen LogP) is 2.68. The number of carbonyl (C=O) groups is 1. The van der Waals surface area contributed by atoms with Crippen LogP contribution in [0.4, 0.5) is 5.82 Å². The number of anilines is 1. The van der Waals surface area contributed by atoms with E-state index in [1.54, 1.807) is 12.0 Å². The molecule has 1 amide bonds. The largest absolute Gasteiger partial charge is 0.487 e. The lowest BCUT2D eigenvalue weighted by Crippen LogP contribution is -2.24. The number of ether oxygens (including phenoxy) is 2. The fraction of sp³-hybridized carbons (Fsp3) is 0.529. The van der Waals surface area contributed by atoms with Crippen molar-refractivity contribution in [1.82, 2.24) is 9.38 Å². The first kappa shape index (κ1) is 17.3. The van der Waals surface area contributed by atoms with Crippen LogP contribution in [0.25, 0.3) is 5.65 Å². The molecule has 2 heterocycles. The van der Waals surface area contributed by atoms with E-state index < -0.39 is 0 Å². The average Bonchev–Trinajstić information content (AvgIpc) is 2.95. The van der Waals surface area contributed by atoms with Crippen LogP contribution in [0, 0.1) is 0 Å². The number of methoxy groups -OCH3 is 1. The number of fused-ring (bicyclic) bond motifs is 1. The molecule has 0 unspecified atom stereocenters. The molecule has 0 aliphatic rings. The van der Waals surface area contributed by atoms with Crippen molar-refractivity contribution in [3.05, 3.63) is 24.0 Å². The Morgan fingerprint density at radius 3 is 2.83 bits per heavy atom. The van der Waals surface area contributed by atoms with Crippen molar-refractivity contribution < 1.29 is 14.3 Å². The van der Waals surface area contributed by atoms with Gasteiger partial charge in [0.2, 0.25) is 6.41 Å². The first-order valence-corrected chi connectivity index (χ1v) is 8.10. The monoisotopic (exact) mass is 319 g/mol. The van der Waals surface area contributed by atoms with Crippen molar-refractivity contribution >= 4 is 17.9 Å². The molecule has 6 heteroatoms. The van der Waals surface area contributed by atoms with E-state index >= 15 is 0 Å². The molecule has 2 rings (SSSR count). The van der Waals surface area contributed by atoms with E-state index in [9.17, 15) is 4.79 Å². The average molecular weight is 319 g/mol. The van der Waals surface area contributed by atoms with Gasteiger partial charge in [-0.1, -0.05) is 20.3 Å². The summed E-state index contributed by atoms with van der Waals surface area (Å²) in [4.78, 5) is 18.0. The van der Waals surface area contributed by atoms with E-state index in [1.165, 1.54) is 0 Å². The van der Waals surface area contributed by atoms with Gasteiger partial charge in [0.1, 0.15) is 12.4 Å². The maximum absolute atomic E-state index is 11.6. The summed E-state index contributed by atoms with van der Waals surface area (Å²) in [7, 11) is 1.64. The SMILES string of the molecule is CCCCN(C=O)c1c(CC)nc2c(OCCOC)cccn12. The van der Waals surface area contributed by atoms with Gasteiger partial charge in [0.25, 0.3) is 0 Å². The van der Waals surface area contributed by atoms with E-state index in [0.29, 0.717) is 25.5 Å². The van der Waals surface area contributed by atoms with Crippen molar-refractivity contribution in [2.45, 2.75) is 33.1 Å². The van der Waals surface area contributed by atoms with Crippen LogP contribution >= 0.6 is 0 Å². The van der Waals surface area contributed by atoms with Crippen molar-refractivity contribution in [2.75, 3.05) is 31.8 Å². The lowest BCUT2D eigenvalue weighted by Gasteiger charge is -2.18. The minimum absolute atomic E-state index is 0.465. The van der Waals surface area contributed by atoms with E-state index in [1.807, 2.05) is 29.7 Å². The number of aromatic nitrogens is 2. The van der Waals surface area contributed by atoms with Gasteiger partial charge < -0.3 is 9.47 Å². The van der Waals surface area contributed by atoms with Crippen LogP contribution in [0.3, 0.4) is 0 Å². The highest BCUT2D eigenvalue weighted by atomic mass is 16.5. The number of pyridine rings is 1. The molecule has 0 spiro atoms. The smallest absolute Gasteiger partial charge is 0.215 e. The van der Waals surface area contributed by atoms with Gasteiger partial charge in [0.15, 0.2) is 11.4 Å². The van der Waals surface area contributed by atoms with E-state index in [0.717, 1.165) is 42.8 Å². The number of hydrogen-bond acceptors (Lipinski definition) is 4. The first-order chi connectivity index (χ1) is 11.3. The highest BCUT2D eigenvalue weighted by Gasteiger charge is 2.19. The second kappa shape index (κ2) is 8.53. The van der Waals surface area contributed by atoms with Crippen LogP contribution in [0.1, 0.15) is 32.4 Å².